The maximum atomic E-state index is 12.6. The summed E-state index contributed by atoms with van der Waals surface area (Å²) in [4.78, 5) is 23.6. The molecule has 0 radical (unpaired) electrons. The Hall–Kier alpha value is -0.940. The van der Waals surface area contributed by atoms with Crippen molar-refractivity contribution in [1.82, 2.24) is 0 Å². The molecule has 0 N–H and O–H groups in total. The van der Waals surface area contributed by atoms with Crippen molar-refractivity contribution in [2.75, 3.05) is 0 Å². The van der Waals surface area contributed by atoms with Crippen molar-refractivity contribution < 1.29 is 44.3 Å². The van der Waals surface area contributed by atoms with Gasteiger partial charge in [-0.05, 0) is 47.7 Å². The Morgan fingerprint density at radius 1 is 1.00 bits per heavy atom. The summed E-state index contributed by atoms with van der Waals surface area (Å²) < 4.78 is 0.837. The minimum atomic E-state index is -1.26. The monoisotopic (exact) mass is 352 g/mol. The van der Waals surface area contributed by atoms with E-state index < -0.39 is 5.97 Å². The van der Waals surface area contributed by atoms with Crippen molar-refractivity contribution >= 4 is 27.7 Å². The van der Waals surface area contributed by atoms with Crippen LogP contribution in [0.15, 0.2) is 40.9 Å². The van der Waals surface area contributed by atoms with E-state index in [9.17, 15) is 14.7 Å². The third kappa shape index (κ3) is 3.14. The number of carboxylic acids is 1. The van der Waals surface area contributed by atoms with Crippen LogP contribution in [0.4, 0.5) is 0 Å². The smallest absolute Gasteiger partial charge is 0.545 e. The minimum Gasteiger partial charge on any atom is -0.545 e. The number of halogens is 1. The molecule has 0 aliphatic heterocycles. The topological polar surface area (TPSA) is 57.2 Å². The number of aromatic carboxylic acids is 1. The zero-order chi connectivity index (χ0) is 14.3. The van der Waals surface area contributed by atoms with E-state index in [0.29, 0.717) is 11.1 Å². The van der Waals surface area contributed by atoms with E-state index in [1.165, 1.54) is 12.1 Å². The zero-order valence-electron chi connectivity index (χ0n) is 11.5. The fraction of sp³-hybridized carbons (Fsp3) is 0.125. The van der Waals surface area contributed by atoms with Gasteiger partial charge in [-0.15, -0.1) is 0 Å². The van der Waals surface area contributed by atoms with Crippen LogP contribution in [-0.2, 0) is 12.8 Å². The molecule has 0 atom stereocenters. The molecule has 1 aliphatic rings. The van der Waals surface area contributed by atoms with Crippen LogP contribution >= 0.6 is 15.9 Å². The van der Waals surface area contributed by atoms with Crippen LogP contribution in [-0.4, -0.2) is 11.8 Å². The van der Waals surface area contributed by atoms with Crippen molar-refractivity contribution in [3.05, 3.63) is 68.7 Å². The van der Waals surface area contributed by atoms with Crippen molar-refractivity contribution in [2.45, 2.75) is 12.8 Å². The van der Waals surface area contributed by atoms with Crippen LogP contribution in [0, 0.1) is 0 Å². The van der Waals surface area contributed by atoms with Crippen molar-refractivity contribution in [3.8, 4) is 0 Å². The van der Waals surface area contributed by atoms with Gasteiger partial charge in [0.15, 0.2) is 5.78 Å². The first-order valence-electron chi connectivity index (χ1n) is 6.23. The molecule has 2 aromatic rings. The molecule has 0 saturated carbocycles. The van der Waals surface area contributed by atoms with Gasteiger partial charge in [0.25, 0.3) is 0 Å². The summed E-state index contributed by atoms with van der Waals surface area (Å²) in [6.45, 7) is 0. The first-order chi connectivity index (χ1) is 9.56. The van der Waals surface area contributed by atoms with E-state index in [-0.39, 0.29) is 40.9 Å². The summed E-state index contributed by atoms with van der Waals surface area (Å²) in [6, 6.07) is 10.3. The normalized spacial score (nSPS) is 12.7. The number of rotatable bonds is 1. The van der Waals surface area contributed by atoms with Crippen LogP contribution in [0.3, 0.4) is 0 Å². The van der Waals surface area contributed by atoms with Crippen molar-refractivity contribution in [2.24, 2.45) is 0 Å². The van der Waals surface area contributed by atoms with Gasteiger partial charge in [0.05, 0.1) is 5.97 Å². The van der Waals surface area contributed by atoms with Crippen LogP contribution < -0.4 is 34.7 Å². The quantitative estimate of drug-likeness (QED) is 0.628. The Labute approximate surface area is 152 Å². The maximum Gasteiger partial charge on any atom is 1.00 e. The molecule has 5 heteroatoms. The summed E-state index contributed by atoms with van der Waals surface area (Å²) >= 11 is 3.36. The second kappa shape index (κ2) is 6.44. The summed E-state index contributed by atoms with van der Waals surface area (Å²) in [6.07, 6.45) is 1.50. The molecular weight excluding hydrogens is 343 g/mol. The van der Waals surface area contributed by atoms with Gasteiger partial charge in [0, 0.05) is 15.6 Å². The molecule has 0 unspecified atom stereocenters. The number of carbonyl (C=O) groups is 2. The van der Waals surface area contributed by atoms with E-state index in [0.717, 1.165) is 28.4 Å². The van der Waals surface area contributed by atoms with E-state index in [2.05, 4.69) is 15.9 Å². The fourth-order valence-corrected chi connectivity index (χ4v) is 2.89. The Morgan fingerprint density at radius 2 is 1.57 bits per heavy atom. The summed E-state index contributed by atoms with van der Waals surface area (Å²) in [5.41, 5.74) is 3.00. The van der Waals surface area contributed by atoms with Gasteiger partial charge in [-0.25, -0.2) is 0 Å². The average Bonchev–Trinajstić information content (AvgIpc) is 2.57. The van der Waals surface area contributed by atoms with Crippen LogP contribution in [0.5, 0.6) is 0 Å². The van der Waals surface area contributed by atoms with Gasteiger partial charge < -0.3 is 9.90 Å². The van der Waals surface area contributed by atoms with Crippen molar-refractivity contribution in [3.63, 3.8) is 0 Å². The van der Waals surface area contributed by atoms with E-state index >= 15 is 0 Å². The molecule has 3 rings (SSSR count). The number of carbonyl (C=O) groups excluding carboxylic acids is 2. The van der Waals surface area contributed by atoms with Gasteiger partial charge in [-0.3, -0.25) is 4.79 Å². The second-order valence-corrected chi connectivity index (χ2v) is 5.71. The number of benzene rings is 2. The Kier molecular flexibility index (Phi) is 5.04. The molecule has 0 heterocycles. The van der Waals surface area contributed by atoms with E-state index in [1.807, 2.05) is 12.1 Å². The predicted octanol–water partition coefficient (Wildman–Crippen LogP) is -0.854. The van der Waals surface area contributed by atoms with Crippen LogP contribution in [0.1, 0.15) is 37.4 Å². The number of ketones is 1. The molecule has 100 valence electrons. The summed E-state index contributed by atoms with van der Waals surface area (Å²) in [5, 5.41) is 10.9. The standard InChI is InChI=1S/C16H11BrO3.Na/c17-12-6-5-10-2-1-9-3-4-11(16(19)20)7-13(9)15(18)14(10)8-12;/h3-8H,1-2H2,(H,19,20);/q;+1/p-1. The number of aryl methyl sites for hydroxylation is 2. The predicted molar refractivity (Wildman–Crippen MR) is 75.8 cm³/mol. The SMILES string of the molecule is O=C([O-])c1ccc2c(c1)C(=O)c1cc(Br)ccc1CC2.[Na+]. The maximum absolute atomic E-state index is 12.6. The number of carboxylic acid groups (broad SMARTS) is 1. The van der Waals surface area contributed by atoms with E-state index in [1.54, 1.807) is 12.1 Å². The number of fused-ring (bicyclic) bond motifs is 2. The molecular formula is C16H10BrNaO3. The molecule has 21 heavy (non-hydrogen) atoms. The first kappa shape index (κ1) is 16.4. The molecule has 0 bridgehead atoms. The van der Waals surface area contributed by atoms with Gasteiger partial charge in [0.1, 0.15) is 0 Å². The summed E-state index contributed by atoms with van der Waals surface area (Å²) in [5.74, 6) is -1.39. The molecule has 2 aromatic carbocycles. The fourth-order valence-electron chi connectivity index (χ4n) is 2.53. The van der Waals surface area contributed by atoms with E-state index in [4.69, 9.17) is 0 Å². The van der Waals surface area contributed by atoms with Crippen LogP contribution in [0.2, 0.25) is 0 Å². The van der Waals surface area contributed by atoms with Gasteiger partial charge in [-0.1, -0.05) is 34.1 Å². The Morgan fingerprint density at radius 3 is 2.19 bits per heavy atom. The van der Waals surface area contributed by atoms with Gasteiger partial charge in [0.2, 0.25) is 0 Å². The van der Waals surface area contributed by atoms with Gasteiger partial charge in [-0.2, -0.15) is 0 Å². The Bertz CT molecular complexity index is 740. The third-order valence-corrected chi connectivity index (χ3v) is 4.06. The third-order valence-electron chi connectivity index (χ3n) is 3.57. The molecule has 0 saturated heterocycles. The molecule has 3 nitrogen and oxygen atoms in total. The summed E-state index contributed by atoms with van der Waals surface area (Å²) in [7, 11) is 0. The minimum absolute atomic E-state index is 0. The largest absolute Gasteiger partial charge is 1.00 e. The molecule has 0 aromatic heterocycles. The molecule has 1 aliphatic carbocycles. The van der Waals surface area contributed by atoms with Crippen LogP contribution in [0.25, 0.3) is 0 Å². The van der Waals surface area contributed by atoms with Crippen molar-refractivity contribution in [1.29, 1.82) is 0 Å². The number of hydrogen-bond donors (Lipinski definition) is 0. The molecule has 0 spiro atoms. The second-order valence-electron chi connectivity index (χ2n) is 4.79. The average molecular weight is 353 g/mol. The first-order valence-corrected chi connectivity index (χ1v) is 7.03. The molecule has 0 amide bonds. The zero-order valence-corrected chi connectivity index (χ0v) is 15.1. The number of hydrogen-bond acceptors (Lipinski definition) is 3. The molecule has 0 fully saturated rings. The van der Waals surface area contributed by atoms with Gasteiger partial charge >= 0.3 is 29.6 Å². The Balaban J connectivity index is 0.00000161.